The van der Waals surface area contributed by atoms with Crippen LogP contribution in [0.4, 0.5) is 5.69 Å². The summed E-state index contributed by atoms with van der Waals surface area (Å²) in [6.07, 6.45) is 0. The molecule has 0 radical (unpaired) electrons. The van der Waals surface area contributed by atoms with Gasteiger partial charge in [-0.15, -0.1) is 5.11 Å². The quantitative estimate of drug-likeness (QED) is 0.344. The zero-order valence-corrected chi connectivity index (χ0v) is 13.4. The van der Waals surface area contributed by atoms with E-state index in [1.54, 1.807) is 43.3 Å². The summed E-state index contributed by atoms with van der Waals surface area (Å²) in [5.74, 6) is -0.650. The molecule has 0 aliphatic carbocycles. The SMILES string of the molecule is CCOC(=O)C(N=C=S)(N=Nc1ccccc1)c1ccccc1. The third kappa shape index (κ3) is 3.94. The summed E-state index contributed by atoms with van der Waals surface area (Å²) in [6, 6.07) is 17.9. The van der Waals surface area contributed by atoms with Crippen LogP contribution in [0.3, 0.4) is 0 Å². The van der Waals surface area contributed by atoms with Crippen LogP contribution in [0, 0.1) is 0 Å². The highest BCUT2D eigenvalue weighted by molar-refractivity contribution is 7.78. The van der Waals surface area contributed by atoms with Gasteiger partial charge in [0.05, 0.1) is 17.5 Å². The van der Waals surface area contributed by atoms with E-state index in [-0.39, 0.29) is 6.61 Å². The first-order valence-electron chi connectivity index (χ1n) is 7.02. The number of azo groups is 1. The Bertz CT molecular complexity index is 728. The first-order chi connectivity index (χ1) is 11.2. The minimum atomic E-state index is -1.69. The van der Waals surface area contributed by atoms with Crippen LogP contribution in [-0.2, 0) is 15.2 Å². The first kappa shape index (κ1) is 16.7. The van der Waals surface area contributed by atoms with Crippen LogP contribution in [0.15, 0.2) is 75.9 Å². The van der Waals surface area contributed by atoms with Crippen molar-refractivity contribution in [1.82, 2.24) is 0 Å². The van der Waals surface area contributed by atoms with Crippen molar-refractivity contribution in [3.05, 3.63) is 66.2 Å². The van der Waals surface area contributed by atoms with E-state index in [2.05, 4.69) is 20.4 Å². The van der Waals surface area contributed by atoms with E-state index >= 15 is 0 Å². The molecular formula is C17H15N3O2S. The van der Waals surface area contributed by atoms with E-state index in [0.717, 1.165) is 0 Å². The fourth-order valence-electron chi connectivity index (χ4n) is 1.94. The van der Waals surface area contributed by atoms with Crippen LogP contribution >= 0.6 is 12.2 Å². The molecule has 23 heavy (non-hydrogen) atoms. The number of hydrogen-bond donors (Lipinski definition) is 0. The molecule has 2 rings (SSSR count). The van der Waals surface area contributed by atoms with E-state index in [0.29, 0.717) is 11.3 Å². The number of thiocarbonyl (C=S) groups is 1. The van der Waals surface area contributed by atoms with E-state index < -0.39 is 11.6 Å². The molecule has 0 aliphatic heterocycles. The van der Waals surface area contributed by atoms with Crippen molar-refractivity contribution in [2.24, 2.45) is 15.2 Å². The Labute approximate surface area is 139 Å². The molecule has 0 spiro atoms. The lowest BCUT2D eigenvalue weighted by molar-refractivity contribution is -0.149. The number of rotatable bonds is 6. The summed E-state index contributed by atoms with van der Waals surface area (Å²) in [7, 11) is 0. The molecule has 0 N–H and O–H groups in total. The van der Waals surface area contributed by atoms with Crippen LogP contribution in [-0.4, -0.2) is 17.7 Å². The molecule has 0 fully saturated rings. The maximum Gasteiger partial charge on any atom is 0.364 e. The number of hydrogen-bond acceptors (Lipinski definition) is 6. The molecule has 0 aromatic heterocycles. The normalized spacial score (nSPS) is 13.1. The Morgan fingerprint density at radius 1 is 1.13 bits per heavy atom. The molecule has 6 heteroatoms. The molecule has 0 bridgehead atoms. The minimum Gasteiger partial charge on any atom is -0.462 e. The molecule has 116 valence electrons. The predicted molar refractivity (Wildman–Crippen MR) is 90.7 cm³/mol. The van der Waals surface area contributed by atoms with E-state index in [9.17, 15) is 4.79 Å². The molecule has 5 nitrogen and oxygen atoms in total. The maximum atomic E-state index is 12.5. The smallest absolute Gasteiger partial charge is 0.364 e. The Kier molecular flexibility index (Phi) is 5.86. The summed E-state index contributed by atoms with van der Waals surface area (Å²) >= 11 is 4.71. The van der Waals surface area contributed by atoms with Crippen molar-refractivity contribution in [2.75, 3.05) is 6.61 Å². The summed E-state index contributed by atoms with van der Waals surface area (Å²) in [4.78, 5) is 16.5. The van der Waals surface area contributed by atoms with E-state index in [4.69, 9.17) is 17.0 Å². The molecule has 0 amide bonds. The number of nitrogens with zero attached hydrogens (tertiary/aromatic N) is 3. The fourth-order valence-corrected chi connectivity index (χ4v) is 2.07. The largest absolute Gasteiger partial charge is 0.462 e. The molecule has 1 atom stereocenters. The Balaban J connectivity index is 2.55. The number of benzene rings is 2. The van der Waals surface area contributed by atoms with Crippen molar-refractivity contribution in [1.29, 1.82) is 0 Å². The van der Waals surface area contributed by atoms with Gasteiger partial charge in [0.1, 0.15) is 0 Å². The fraction of sp³-hybridized carbons (Fsp3) is 0.176. The second-order valence-electron chi connectivity index (χ2n) is 4.50. The summed E-state index contributed by atoms with van der Waals surface area (Å²) < 4.78 is 5.13. The summed E-state index contributed by atoms with van der Waals surface area (Å²) in [5.41, 5.74) is -0.582. The highest BCUT2D eigenvalue weighted by atomic mass is 32.1. The van der Waals surface area contributed by atoms with Gasteiger partial charge in [0, 0.05) is 5.56 Å². The van der Waals surface area contributed by atoms with E-state index in [1.165, 1.54) is 0 Å². The third-order valence-corrected chi connectivity index (χ3v) is 3.10. The van der Waals surface area contributed by atoms with Gasteiger partial charge in [0.25, 0.3) is 0 Å². The number of aliphatic imine (C=N–C) groups is 1. The third-order valence-electron chi connectivity index (χ3n) is 3.01. The average Bonchev–Trinajstić information content (AvgIpc) is 2.60. The van der Waals surface area contributed by atoms with Crippen LogP contribution in [0.5, 0.6) is 0 Å². The summed E-state index contributed by atoms with van der Waals surface area (Å²) in [5, 5.41) is 10.5. The standard InChI is InChI=1S/C17H15N3O2S/c1-2-22-16(21)17(18-13-23,14-9-5-3-6-10-14)20-19-15-11-7-4-8-12-15/h3-12H,2H2,1H3. The zero-order chi connectivity index (χ0) is 16.5. The van der Waals surface area contributed by atoms with Gasteiger partial charge in [0.15, 0.2) is 0 Å². The average molecular weight is 325 g/mol. The molecule has 2 aromatic carbocycles. The highest BCUT2D eigenvalue weighted by Crippen LogP contribution is 2.31. The van der Waals surface area contributed by atoms with Crippen LogP contribution in [0.2, 0.25) is 0 Å². The van der Waals surface area contributed by atoms with Gasteiger partial charge in [0.2, 0.25) is 0 Å². The zero-order valence-electron chi connectivity index (χ0n) is 12.5. The van der Waals surface area contributed by atoms with Crippen molar-refractivity contribution in [3.8, 4) is 0 Å². The number of esters is 1. The van der Waals surface area contributed by atoms with Gasteiger partial charge in [-0.2, -0.15) is 10.1 Å². The highest BCUT2D eigenvalue weighted by Gasteiger charge is 2.42. The van der Waals surface area contributed by atoms with E-state index in [1.807, 2.05) is 24.3 Å². The van der Waals surface area contributed by atoms with Crippen molar-refractivity contribution in [2.45, 2.75) is 12.6 Å². The molecular weight excluding hydrogens is 310 g/mol. The molecule has 0 saturated carbocycles. The van der Waals surface area contributed by atoms with Crippen molar-refractivity contribution in [3.63, 3.8) is 0 Å². The van der Waals surface area contributed by atoms with Gasteiger partial charge in [-0.25, -0.2) is 4.79 Å². The number of isothiocyanates is 1. The second kappa shape index (κ2) is 8.08. The van der Waals surface area contributed by atoms with Crippen molar-refractivity contribution < 1.29 is 9.53 Å². The lowest BCUT2D eigenvalue weighted by atomic mass is 10.0. The number of carbonyl (C=O) groups excluding carboxylic acids is 1. The van der Waals surface area contributed by atoms with Gasteiger partial charge in [-0.05, 0) is 31.3 Å². The number of ether oxygens (including phenoxy) is 1. The van der Waals surface area contributed by atoms with Crippen molar-refractivity contribution >= 4 is 29.0 Å². The van der Waals surface area contributed by atoms with Crippen LogP contribution in [0.1, 0.15) is 12.5 Å². The maximum absolute atomic E-state index is 12.5. The van der Waals surface area contributed by atoms with Gasteiger partial charge in [-0.3, -0.25) is 0 Å². The van der Waals surface area contributed by atoms with Gasteiger partial charge < -0.3 is 4.74 Å². The Morgan fingerprint density at radius 3 is 2.30 bits per heavy atom. The number of carbonyl (C=O) groups is 1. The van der Waals surface area contributed by atoms with Crippen LogP contribution in [0.25, 0.3) is 0 Å². The first-order valence-corrected chi connectivity index (χ1v) is 7.43. The minimum absolute atomic E-state index is 0.196. The summed E-state index contributed by atoms with van der Waals surface area (Å²) in [6.45, 7) is 1.91. The second-order valence-corrected chi connectivity index (χ2v) is 4.68. The molecule has 0 aliphatic rings. The predicted octanol–water partition coefficient (Wildman–Crippen LogP) is 4.29. The molecule has 2 aromatic rings. The Hall–Kier alpha value is -2.69. The molecule has 0 saturated heterocycles. The monoisotopic (exact) mass is 325 g/mol. The molecule has 1 unspecified atom stereocenters. The topological polar surface area (TPSA) is 63.4 Å². The Morgan fingerprint density at radius 2 is 1.74 bits per heavy atom. The van der Waals surface area contributed by atoms with Crippen LogP contribution < -0.4 is 0 Å². The molecule has 0 heterocycles. The lowest BCUT2D eigenvalue weighted by Crippen LogP contribution is -2.33. The van der Waals surface area contributed by atoms with Gasteiger partial charge >= 0.3 is 11.6 Å². The lowest BCUT2D eigenvalue weighted by Gasteiger charge is -2.21. The van der Waals surface area contributed by atoms with Gasteiger partial charge in [-0.1, -0.05) is 48.5 Å².